The van der Waals surface area contributed by atoms with E-state index in [9.17, 15) is 79.5 Å². The predicted octanol–water partition coefficient (Wildman–Crippen LogP) is -21.2. The summed E-state index contributed by atoms with van der Waals surface area (Å²) in [7, 11) is -16.8. The number of aliphatic hydroxyl groups is 5. The minimum atomic E-state index is -5.69. The minimum absolute atomic E-state index is 0. The molecule has 0 unspecified atom stereocenters. The summed E-state index contributed by atoms with van der Waals surface area (Å²) in [6.45, 7) is 1.64. The van der Waals surface area contributed by atoms with Gasteiger partial charge in [-0.25, -0.2) is 25.7 Å². The quantitative estimate of drug-likeness (QED) is 0.0248. The van der Waals surface area contributed by atoms with Gasteiger partial charge >= 0.3 is 129 Å². The zero-order valence-electron chi connectivity index (χ0n) is 31.3. The molecule has 7 N–H and O–H groups in total. The number of aliphatic carboxylic acids is 1. The zero-order chi connectivity index (χ0) is 40.4. The molecule has 3 aliphatic heterocycles. The van der Waals surface area contributed by atoms with E-state index < -0.39 is 154 Å². The van der Waals surface area contributed by atoms with Gasteiger partial charge < -0.3 is 78.1 Å². The maximum atomic E-state index is 12.3. The van der Waals surface area contributed by atoms with Crippen molar-refractivity contribution < 1.29 is 234 Å². The summed E-state index contributed by atoms with van der Waals surface area (Å²) in [4.78, 5) is 16.0. The molecule has 3 fully saturated rings. The van der Waals surface area contributed by atoms with Crippen LogP contribution in [-0.2, 0) is 72.7 Å². The van der Waals surface area contributed by atoms with Crippen LogP contribution in [0.1, 0.15) is 20.8 Å². The SMILES string of the molecule is CC([O-])=N[C@H]1[C@@H](OC(C)C)O[C@H](CO)[C@@H](O[C@@H]2O[C@H](C(=O)[O-])[C@@H](O[C@H]3O[C@H](COS(=O)(=O)[O-])[C@@H](O)[C@H](O)[C@H]3NS(=O)(=O)[O-])[C@H](O)[C@H]2OS(=O)(=O)O)[C@@H]1O.[Na+].[Na+].[Na+].[Na+]. The normalized spacial score (nSPS) is 36.5. The van der Waals surface area contributed by atoms with Crippen LogP contribution < -0.4 is 133 Å². The van der Waals surface area contributed by atoms with Gasteiger partial charge in [0.05, 0.1) is 25.3 Å². The van der Waals surface area contributed by atoms with Crippen molar-refractivity contribution in [2.24, 2.45) is 4.99 Å². The van der Waals surface area contributed by atoms with Crippen LogP contribution in [0.4, 0.5) is 0 Å². The van der Waals surface area contributed by atoms with Crippen LogP contribution >= 0.6 is 0 Å². The number of nitrogens with zero attached hydrogens (tertiary/aromatic N) is 1. The molecule has 34 heteroatoms. The Kier molecular flexibility index (Phi) is 27.4. The molecular weight excluding hydrogens is 892 g/mol. The van der Waals surface area contributed by atoms with E-state index in [2.05, 4.69) is 13.4 Å². The van der Waals surface area contributed by atoms with Gasteiger partial charge in [0.15, 0.2) is 35.3 Å². The Morgan fingerprint density at radius 3 is 1.79 bits per heavy atom. The first-order valence-corrected chi connectivity index (χ1v) is 19.0. The Hall–Kier alpha value is 2.11. The number of carbonyl (C=O) groups is 1. The van der Waals surface area contributed by atoms with Crippen LogP contribution in [-0.4, -0.2) is 188 Å². The Labute approximate surface area is 414 Å². The summed E-state index contributed by atoms with van der Waals surface area (Å²) in [6.07, 6.45) is -30.7. The van der Waals surface area contributed by atoms with E-state index in [0.717, 1.165) is 6.92 Å². The van der Waals surface area contributed by atoms with Crippen LogP contribution in [0, 0.1) is 0 Å². The van der Waals surface area contributed by atoms with Gasteiger partial charge in [0, 0.05) is 0 Å². The molecule has 27 nitrogen and oxygen atoms in total. The molecule has 15 atom stereocenters. The molecule has 0 aromatic heterocycles. The molecule has 0 spiro atoms. The Bertz CT molecular complexity index is 1630. The molecule has 0 bridgehead atoms. The molecule has 3 heterocycles. The smallest absolute Gasteiger partial charge is 0.862 e. The van der Waals surface area contributed by atoms with Crippen molar-refractivity contribution in [2.45, 2.75) is 119 Å². The number of carboxylic acid groups (broad SMARTS) is 1. The maximum Gasteiger partial charge on any atom is 1.00 e. The Balaban J connectivity index is 0. The number of rotatable bonds is 16. The number of carbonyl (C=O) groups excluding carboxylic acids is 1. The van der Waals surface area contributed by atoms with Gasteiger partial charge in [-0.2, -0.15) is 8.42 Å². The second kappa shape index (κ2) is 25.6. The van der Waals surface area contributed by atoms with Gasteiger partial charge in [-0.3, -0.25) is 13.7 Å². The van der Waals surface area contributed by atoms with E-state index in [-0.39, 0.29) is 118 Å². The van der Waals surface area contributed by atoms with E-state index >= 15 is 0 Å². The van der Waals surface area contributed by atoms with E-state index in [0.29, 0.717) is 0 Å². The maximum absolute atomic E-state index is 12.3. The fourth-order valence-electron chi connectivity index (χ4n) is 5.41. The fraction of sp³-hybridized carbons (Fsp3) is 0.913. The zero-order valence-corrected chi connectivity index (χ0v) is 41.7. The third-order valence-corrected chi connectivity index (χ3v) is 8.93. The summed E-state index contributed by atoms with van der Waals surface area (Å²) in [5.41, 5.74) is 0. The van der Waals surface area contributed by atoms with Crippen molar-refractivity contribution in [3.63, 3.8) is 0 Å². The van der Waals surface area contributed by atoms with Gasteiger partial charge in [0.2, 0.25) is 10.4 Å². The van der Waals surface area contributed by atoms with Crippen LogP contribution in [0.25, 0.3) is 0 Å². The van der Waals surface area contributed by atoms with E-state index in [1.54, 1.807) is 0 Å². The molecular formula is C23H36N2Na4O25S3. The van der Waals surface area contributed by atoms with Gasteiger partial charge in [0.25, 0.3) is 0 Å². The Morgan fingerprint density at radius 2 is 1.33 bits per heavy atom. The molecule has 3 aliphatic rings. The fourth-order valence-corrected chi connectivity index (χ4v) is 6.78. The first kappa shape index (κ1) is 61.2. The number of hydrogen-bond donors (Lipinski definition) is 7. The predicted molar refractivity (Wildman–Crippen MR) is 154 cm³/mol. The average molecular weight is 929 g/mol. The summed E-state index contributed by atoms with van der Waals surface area (Å²) in [5.74, 6) is -3.20. The van der Waals surface area contributed by atoms with Gasteiger partial charge in [-0.15, -0.1) is 0 Å². The Morgan fingerprint density at radius 1 is 0.789 bits per heavy atom. The van der Waals surface area contributed by atoms with E-state index in [1.807, 2.05) is 0 Å². The molecule has 0 aliphatic carbocycles. The van der Waals surface area contributed by atoms with Crippen molar-refractivity contribution >= 4 is 43.0 Å². The molecule has 57 heavy (non-hydrogen) atoms. The number of aliphatic imine (C=N–C) groups is 1. The van der Waals surface area contributed by atoms with E-state index in [1.165, 1.54) is 18.6 Å². The van der Waals surface area contributed by atoms with Gasteiger partial charge in [0.1, 0.15) is 67.0 Å². The molecule has 0 saturated carbocycles. The first-order chi connectivity index (χ1) is 24.2. The monoisotopic (exact) mass is 928 g/mol. The molecule has 3 rings (SSSR count). The molecule has 0 amide bonds. The van der Waals surface area contributed by atoms with Crippen LogP contribution in [0.3, 0.4) is 0 Å². The topological polar surface area (TPSA) is 431 Å². The van der Waals surface area contributed by atoms with Crippen LogP contribution in [0.5, 0.6) is 0 Å². The van der Waals surface area contributed by atoms with Crippen molar-refractivity contribution in [3.8, 4) is 0 Å². The van der Waals surface area contributed by atoms with Crippen molar-refractivity contribution in [3.05, 3.63) is 0 Å². The standard InChI is InChI=1S/C23H40N2O25S3.4Na/c1-6(2)44-21-10(24-7(3)27)14(30)16(8(4-26)45-21)47-23-18(50-53(40,41)42)15(31)17(19(49-23)20(32)33)48-22-11(25-51(34,35)36)13(29)12(28)9(46-22)5-43-52(37,38)39;;;;/h6,8-19,21-23,25-26,28-31H,4-5H2,1-3H3,(H,24,27)(H,32,33)(H,34,35,36)(H,37,38,39)(H,40,41,42);;;;/q;4*+1/p-4/t8-,9-,10-,11-,12-,13-,14-,15+,16-,17+,18-,19+,21+,22-,23-;;;;/m1..../s1. The molecule has 0 aromatic rings. The number of nitrogens with one attached hydrogen (secondary N) is 1. The van der Waals surface area contributed by atoms with Crippen molar-refractivity contribution in [1.82, 2.24) is 4.72 Å². The average Bonchev–Trinajstić information content (AvgIpc) is 2.99. The summed E-state index contributed by atoms with van der Waals surface area (Å²) >= 11 is 0. The van der Waals surface area contributed by atoms with Crippen molar-refractivity contribution in [2.75, 3.05) is 13.2 Å². The summed E-state index contributed by atoms with van der Waals surface area (Å²) in [5, 5.41) is 77.5. The number of aliphatic hydroxyl groups excluding tert-OH is 5. The third-order valence-electron chi connectivity index (χ3n) is 7.48. The number of carboxylic acids is 1. The largest absolute Gasteiger partial charge is 1.00 e. The second-order valence-electron chi connectivity index (χ2n) is 11.8. The number of hydrogen-bond acceptors (Lipinski definition) is 25. The van der Waals surface area contributed by atoms with Gasteiger partial charge in [-0.05, 0) is 26.7 Å². The molecule has 0 radical (unpaired) electrons. The molecule has 0 aromatic carbocycles. The minimum Gasteiger partial charge on any atom is -0.862 e. The second-order valence-corrected chi connectivity index (χ2v) is 15.0. The van der Waals surface area contributed by atoms with Gasteiger partial charge in [-0.1, -0.05) is 0 Å². The summed E-state index contributed by atoms with van der Waals surface area (Å²) in [6, 6.07) is -4.06. The van der Waals surface area contributed by atoms with Crippen molar-refractivity contribution in [1.29, 1.82) is 0 Å². The number of ether oxygens (including phenoxy) is 6. The third kappa shape index (κ3) is 18.3. The van der Waals surface area contributed by atoms with Crippen LogP contribution in [0.2, 0.25) is 0 Å². The molecule has 310 valence electrons. The first-order valence-electron chi connectivity index (χ1n) is 14.9. The summed E-state index contributed by atoms with van der Waals surface area (Å²) < 4.78 is 143. The van der Waals surface area contributed by atoms with E-state index in [4.69, 9.17) is 28.4 Å². The molecule has 3 saturated heterocycles. The van der Waals surface area contributed by atoms with Crippen LogP contribution in [0.15, 0.2) is 4.99 Å².